The van der Waals surface area contributed by atoms with Crippen LogP contribution in [-0.4, -0.2) is 67.1 Å². The van der Waals surface area contributed by atoms with Gasteiger partial charge >= 0.3 is 0 Å². The monoisotopic (exact) mass is 660 g/mol. The van der Waals surface area contributed by atoms with E-state index in [1.165, 1.54) is 12.3 Å². The Balaban J connectivity index is 1.25. The Kier molecular flexibility index (Phi) is 9.81. The maximum atomic E-state index is 13.5. The van der Waals surface area contributed by atoms with Gasteiger partial charge in [0.05, 0.1) is 40.2 Å². The molecule has 236 valence electrons. The second-order valence-corrected chi connectivity index (χ2v) is 15.1. The smallest absolute Gasteiger partial charge is 0.216 e. The summed E-state index contributed by atoms with van der Waals surface area (Å²) in [5.41, 5.74) is 1.06. The molecule has 3 atom stereocenters. The van der Waals surface area contributed by atoms with Crippen molar-refractivity contribution in [2.24, 2.45) is 5.41 Å². The molecule has 3 heterocycles. The summed E-state index contributed by atoms with van der Waals surface area (Å²) in [6, 6.07) is 9.08. The van der Waals surface area contributed by atoms with Crippen LogP contribution < -0.4 is 19.7 Å². The molecule has 2 aromatic heterocycles. The van der Waals surface area contributed by atoms with E-state index in [1.807, 2.05) is 45.0 Å². The zero-order valence-electron chi connectivity index (χ0n) is 25.3. The molecule has 0 bridgehead atoms. The van der Waals surface area contributed by atoms with Crippen molar-refractivity contribution in [1.29, 1.82) is 0 Å². The number of piperidine rings is 1. The number of anilines is 2. The van der Waals surface area contributed by atoms with E-state index in [4.69, 9.17) is 27.9 Å². The molecule has 1 aliphatic heterocycles. The third-order valence-corrected chi connectivity index (χ3v) is 10.7. The van der Waals surface area contributed by atoms with Crippen LogP contribution in [0.3, 0.4) is 0 Å². The number of ether oxygens (including phenoxy) is 1. The maximum Gasteiger partial charge on any atom is 0.216 e. The second kappa shape index (κ2) is 13.3. The predicted molar refractivity (Wildman–Crippen MR) is 174 cm³/mol. The summed E-state index contributed by atoms with van der Waals surface area (Å²) in [4.78, 5) is 28.8. The van der Waals surface area contributed by atoms with E-state index < -0.39 is 27.6 Å². The summed E-state index contributed by atoms with van der Waals surface area (Å²) in [5.74, 6) is 1.25. The Morgan fingerprint density at radius 3 is 2.50 bits per heavy atom. The molecular formula is C31H38Cl2N6O4S. The van der Waals surface area contributed by atoms with E-state index in [9.17, 15) is 14.1 Å². The largest absolute Gasteiger partial charge is 0.497 e. The lowest BCUT2D eigenvalue weighted by molar-refractivity contribution is 0.103. The molecule has 0 radical (unpaired) electrons. The van der Waals surface area contributed by atoms with Crippen LogP contribution in [0.25, 0.3) is 0 Å². The molecule has 13 heteroatoms. The Labute approximate surface area is 270 Å². The van der Waals surface area contributed by atoms with E-state index in [2.05, 4.69) is 29.9 Å². The molecule has 0 amide bonds. The number of hydrogen-bond acceptors (Lipinski definition) is 9. The first-order chi connectivity index (χ1) is 20.9. The number of carbonyl (C=O) groups excluding carboxylic acids is 1. The predicted octanol–water partition coefficient (Wildman–Crippen LogP) is 5.19. The fraction of sp³-hybridized carbons (Fsp3) is 0.484. The lowest BCUT2D eigenvalue weighted by Gasteiger charge is -2.44. The number of hydrogen-bond donors (Lipinski definition) is 3. The van der Waals surface area contributed by atoms with E-state index in [1.54, 1.807) is 13.3 Å². The number of aromatic nitrogens is 3. The Morgan fingerprint density at radius 2 is 1.86 bits per heavy atom. The fourth-order valence-electron chi connectivity index (χ4n) is 5.89. The number of halogens is 2. The molecule has 1 unspecified atom stereocenters. The average molecular weight is 662 g/mol. The summed E-state index contributed by atoms with van der Waals surface area (Å²) in [5, 5.41) is 13.9. The van der Waals surface area contributed by atoms with Crippen LogP contribution in [0.15, 0.2) is 42.7 Å². The molecule has 3 aromatic rings. The van der Waals surface area contributed by atoms with E-state index in [-0.39, 0.29) is 32.9 Å². The zero-order valence-corrected chi connectivity index (χ0v) is 27.6. The number of methoxy groups -OCH3 is 1. The summed E-state index contributed by atoms with van der Waals surface area (Å²) >= 11 is 13.1. The number of nitrogens with one attached hydrogen (secondary N) is 2. The van der Waals surface area contributed by atoms with Gasteiger partial charge in [-0.25, -0.2) is 23.9 Å². The topological polar surface area (TPSA) is 130 Å². The van der Waals surface area contributed by atoms with Crippen LogP contribution in [0.4, 0.5) is 11.6 Å². The van der Waals surface area contributed by atoms with Crippen molar-refractivity contribution >= 4 is 51.6 Å². The first-order valence-corrected chi connectivity index (χ1v) is 16.5. The molecule has 1 aliphatic carbocycles. The number of benzene rings is 1. The molecule has 2 aliphatic rings. The minimum absolute atomic E-state index is 0.00550. The van der Waals surface area contributed by atoms with Gasteiger partial charge in [0.1, 0.15) is 23.1 Å². The van der Waals surface area contributed by atoms with Crippen molar-refractivity contribution in [3.8, 4) is 5.75 Å². The fourth-order valence-corrected chi connectivity index (χ4v) is 7.34. The normalized spacial score (nSPS) is 20.5. The second-order valence-electron chi connectivity index (χ2n) is 12.4. The van der Waals surface area contributed by atoms with Gasteiger partial charge in [-0.3, -0.25) is 4.79 Å². The zero-order chi connectivity index (χ0) is 31.6. The molecule has 1 saturated heterocycles. The maximum absolute atomic E-state index is 13.5. The van der Waals surface area contributed by atoms with Crippen LogP contribution >= 0.6 is 23.2 Å². The highest BCUT2D eigenvalue weighted by Gasteiger charge is 2.49. The number of aliphatic hydroxyl groups excluding tert-OH is 1. The third-order valence-electron chi connectivity index (χ3n) is 8.46. The summed E-state index contributed by atoms with van der Waals surface area (Å²) in [6.45, 7) is 7.61. The molecule has 1 saturated carbocycles. The van der Waals surface area contributed by atoms with Crippen LogP contribution in [-0.2, 0) is 17.5 Å². The highest BCUT2D eigenvalue weighted by molar-refractivity contribution is 7.84. The molecule has 1 aromatic carbocycles. The molecule has 3 N–H and O–H groups in total. The molecule has 44 heavy (non-hydrogen) atoms. The number of nitrogens with zero attached hydrogens (tertiary/aromatic N) is 4. The van der Waals surface area contributed by atoms with Crippen molar-refractivity contribution in [3.05, 3.63) is 69.7 Å². The molecular weight excluding hydrogens is 623 g/mol. The van der Waals surface area contributed by atoms with Gasteiger partial charge in [0, 0.05) is 37.4 Å². The van der Waals surface area contributed by atoms with Crippen molar-refractivity contribution in [1.82, 2.24) is 19.7 Å². The molecule has 10 nitrogen and oxygen atoms in total. The van der Waals surface area contributed by atoms with Crippen LogP contribution in [0, 0.1) is 5.41 Å². The lowest BCUT2D eigenvalue weighted by atomic mass is 9.74. The van der Waals surface area contributed by atoms with Crippen molar-refractivity contribution in [2.45, 2.75) is 69.9 Å². The van der Waals surface area contributed by atoms with Crippen molar-refractivity contribution < 1.29 is 18.8 Å². The number of pyridine rings is 1. The van der Waals surface area contributed by atoms with Crippen LogP contribution in [0.2, 0.25) is 10.2 Å². The Morgan fingerprint density at radius 1 is 1.16 bits per heavy atom. The van der Waals surface area contributed by atoms with Gasteiger partial charge in [-0.2, -0.15) is 0 Å². The van der Waals surface area contributed by atoms with Crippen LogP contribution in [0.5, 0.6) is 5.75 Å². The lowest BCUT2D eigenvalue weighted by Crippen LogP contribution is -2.51. The molecule has 1 spiro atoms. The van der Waals surface area contributed by atoms with Gasteiger partial charge in [0.25, 0.3) is 0 Å². The average Bonchev–Trinajstić information content (AvgIpc) is 3.29. The van der Waals surface area contributed by atoms with Gasteiger partial charge in [-0.1, -0.05) is 35.3 Å². The first-order valence-electron chi connectivity index (χ1n) is 14.6. The SMILES string of the molecule is COc1ccc(CNc2nccc(C(=O)c3ncc(N4CCC5(CC4)C[C@H](O)C[C@H]5NS(=O)C(C)(C)C)nc3Cl)c2Cl)cc1. The minimum Gasteiger partial charge on any atom is -0.497 e. The summed E-state index contributed by atoms with van der Waals surface area (Å²) in [6.07, 6.45) is 5.48. The van der Waals surface area contributed by atoms with E-state index >= 15 is 0 Å². The standard InChI is InChI=1S/C31H38Cl2N6O4S/c1-30(2,3)44(42)38-23-15-20(40)16-31(23)10-13-39(14-11-31)24-18-35-26(28(33)37-24)27(41)22-9-12-34-29(25(22)32)36-17-19-5-7-21(43-4)8-6-19/h5-9,12,18,20,23,38,40H,10-11,13-17H2,1-4H3,(H,34,36)/t20-,23-,44?/m1/s1. The molecule has 2 fully saturated rings. The molecule has 5 rings (SSSR count). The van der Waals surface area contributed by atoms with E-state index in [0.29, 0.717) is 44.1 Å². The van der Waals surface area contributed by atoms with Gasteiger partial charge in [-0.15, -0.1) is 0 Å². The Hall–Kier alpha value is -2.83. The first kappa shape index (κ1) is 32.6. The highest BCUT2D eigenvalue weighted by Crippen LogP contribution is 2.47. The quantitative estimate of drug-likeness (QED) is 0.265. The summed E-state index contributed by atoms with van der Waals surface area (Å²) < 4.78 is 21.0. The van der Waals surface area contributed by atoms with Gasteiger partial charge < -0.3 is 20.1 Å². The number of rotatable bonds is 9. The van der Waals surface area contributed by atoms with E-state index in [0.717, 1.165) is 24.2 Å². The Bertz CT molecular complexity index is 1530. The minimum atomic E-state index is -1.22. The van der Waals surface area contributed by atoms with Crippen LogP contribution in [0.1, 0.15) is 68.1 Å². The van der Waals surface area contributed by atoms with Crippen molar-refractivity contribution in [3.63, 3.8) is 0 Å². The number of ketones is 1. The number of aliphatic hydroxyl groups is 1. The van der Waals surface area contributed by atoms with Crippen molar-refractivity contribution in [2.75, 3.05) is 30.4 Å². The highest BCUT2D eigenvalue weighted by atomic mass is 35.5. The van der Waals surface area contributed by atoms with Gasteiger partial charge in [0.2, 0.25) is 5.78 Å². The van der Waals surface area contributed by atoms with Gasteiger partial charge in [0.15, 0.2) is 5.15 Å². The third kappa shape index (κ3) is 7.02. The number of carbonyl (C=O) groups is 1. The van der Waals surface area contributed by atoms with Gasteiger partial charge in [-0.05, 0) is 75.6 Å². The summed E-state index contributed by atoms with van der Waals surface area (Å²) in [7, 11) is 0.390.